The van der Waals surface area contributed by atoms with Crippen LogP contribution in [0.3, 0.4) is 0 Å². The monoisotopic (exact) mass is 225 g/mol. The molecular weight excluding hydrogens is 210 g/mol. The first kappa shape index (κ1) is 10.8. The molecular formula is C12H16ClNO. The number of benzene rings is 1. The van der Waals surface area contributed by atoms with E-state index in [0.717, 1.165) is 22.9 Å². The van der Waals surface area contributed by atoms with Gasteiger partial charge in [-0.1, -0.05) is 11.6 Å². The van der Waals surface area contributed by atoms with Crippen LogP contribution in [0.2, 0.25) is 5.02 Å². The Balaban J connectivity index is 2.39. The average Bonchev–Trinajstić information content (AvgIpc) is 2.75. The molecule has 1 heterocycles. The van der Waals surface area contributed by atoms with Crippen LogP contribution in [0.15, 0.2) is 12.1 Å². The number of ether oxygens (including phenoxy) is 1. The van der Waals surface area contributed by atoms with Gasteiger partial charge in [0.2, 0.25) is 0 Å². The Morgan fingerprint density at radius 2 is 2.27 bits per heavy atom. The van der Waals surface area contributed by atoms with E-state index in [0.29, 0.717) is 6.04 Å². The summed E-state index contributed by atoms with van der Waals surface area (Å²) < 4.78 is 5.24. The molecule has 0 bridgehead atoms. The van der Waals surface area contributed by atoms with E-state index in [1.807, 2.05) is 6.07 Å². The van der Waals surface area contributed by atoms with Crippen molar-refractivity contribution >= 4 is 11.6 Å². The molecule has 0 spiro atoms. The van der Waals surface area contributed by atoms with Crippen molar-refractivity contribution in [1.82, 2.24) is 5.32 Å². The number of halogens is 1. The van der Waals surface area contributed by atoms with Gasteiger partial charge < -0.3 is 10.1 Å². The predicted molar refractivity (Wildman–Crippen MR) is 62.7 cm³/mol. The van der Waals surface area contributed by atoms with Crippen LogP contribution in [-0.4, -0.2) is 13.7 Å². The van der Waals surface area contributed by atoms with Gasteiger partial charge in [0.1, 0.15) is 5.75 Å². The third-order valence-corrected chi connectivity index (χ3v) is 3.42. The van der Waals surface area contributed by atoms with E-state index in [9.17, 15) is 0 Å². The number of nitrogens with one attached hydrogen (secondary N) is 1. The highest BCUT2D eigenvalue weighted by Gasteiger charge is 2.19. The lowest BCUT2D eigenvalue weighted by molar-refractivity contribution is 0.413. The van der Waals surface area contributed by atoms with Crippen molar-refractivity contribution in [3.05, 3.63) is 28.3 Å². The molecule has 1 aromatic rings. The van der Waals surface area contributed by atoms with Crippen LogP contribution in [0, 0.1) is 6.92 Å². The second kappa shape index (κ2) is 4.42. The van der Waals surface area contributed by atoms with E-state index in [1.165, 1.54) is 18.4 Å². The third-order valence-electron chi connectivity index (χ3n) is 3.03. The first-order chi connectivity index (χ1) is 7.22. The summed E-state index contributed by atoms with van der Waals surface area (Å²) in [5, 5.41) is 4.27. The van der Waals surface area contributed by atoms with Gasteiger partial charge in [-0.2, -0.15) is 0 Å². The quantitative estimate of drug-likeness (QED) is 0.835. The summed E-state index contributed by atoms with van der Waals surface area (Å²) >= 11 is 6.17. The Bertz CT molecular complexity index is 359. The molecule has 2 rings (SSSR count). The lowest BCUT2D eigenvalue weighted by Crippen LogP contribution is -2.14. The highest BCUT2D eigenvalue weighted by atomic mass is 35.5. The second-order valence-corrected chi connectivity index (χ2v) is 4.38. The van der Waals surface area contributed by atoms with Gasteiger partial charge in [0.25, 0.3) is 0 Å². The Labute approximate surface area is 95.6 Å². The molecule has 0 amide bonds. The molecule has 0 radical (unpaired) electrons. The molecule has 3 heteroatoms. The van der Waals surface area contributed by atoms with E-state index < -0.39 is 0 Å². The van der Waals surface area contributed by atoms with Crippen molar-refractivity contribution in [3.8, 4) is 5.75 Å². The minimum Gasteiger partial charge on any atom is -0.497 e. The van der Waals surface area contributed by atoms with Crippen molar-refractivity contribution in [2.24, 2.45) is 0 Å². The lowest BCUT2D eigenvalue weighted by Gasteiger charge is -2.16. The van der Waals surface area contributed by atoms with Crippen LogP contribution >= 0.6 is 11.6 Å². The smallest absolute Gasteiger partial charge is 0.120 e. The highest BCUT2D eigenvalue weighted by Crippen LogP contribution is 2.33. The van der Waals surface area contributed by atoms with Gasteiger partial charge in [0.15, 0.2) is 0 Å². The van der Waals surface area contributed by atoms with Gasteiger partial charge in [0.05, 0.1) is 7.11 Å². The summed E-state index contributed by atoms with van der Waals surface area (Å²) in [7, 11) is 1.67. The molecule has 1 aliphatic heterocycles. The fourth-order valence-corrected chi connectivity index (χ4v) is 2.32. The molecule has 1 unspecified atom stereocenters. The van der Waals surface area contributed by atoms with Gasteiger partial charge in [0, 0.05) is 11.1 Å². The second-order valence-electron chi connectivity index (χ2n) is 3.97. The summed E-state index contributed by atoms with van der Waals surface area (Å²) in [4.78, 5) is 0. The van der Waals surface area contributed by atoms with E-state index in [2.05, 4.69) is 18.3 Å². The van der Waals surface area contributed by atoms with Crippen LogP contribution in [0.4, 0.5) is 0 Å². The molecule has 0 aliphatic carbocycles. The molecule has 1 saturated heterocycles. The molecule has 1 aromatic carbocycles. The largest absolute Gasteiger partial charge is 0.497 e. The van der Waals surface area contributed by atoms with Crippen molar-refractivity contribution in [3.63, 3.8) is 0 Å². The minimum atomic E-state index is 0.442. The third kappa shape index (κ3) is 2.11. The average molecular weight is 226 g/mol. The summed E-state index contributed by atoms with van der Waals surface area (Å²) in [6.07, 6.45) is 2.42. The van der Waals surface area contributed by atoms with Crippen LogP contribution in [-0.2, 0) is 0 Å². The van der Waals surface area contributed by atoms with Crippen molar-refractivity contribution in [2.75, 3.05) is 13.7 Å². The standard InChI is InChI=1S/C12H16ClNO/c1-8-10(12-4-3-5-14-12)6-9(15-2)7-11(8)13/h6-7,12,14H,3-5H2,1-2H3. The van der Waals surface area contributed by atoms with Gasteiger partial charge in [-0.25, -0.2) is 0 Å². The molecule has 1 aliphatic rings. The van der Waals surface area contributed by atoms with Gasteiger partial charge in [-0.05, 0) is 49.6 Å². The number of rotatable bonds is 2. The zero-order valence-corrected chi connectivity index (χ0v) is 9.90. The van der Waals surface area contributed by atoms with E-state index in [4.69, 9.17) is 16.3 Å². The molecule has 15 heavy (non-hydrogen) atoms. The summed E-state index contributed by atoms with van der Waals surface area (Å²) in [6, 6.07) is 4.40. The SMILES string of the molecule is COc1cc(Cl)c(C)c(C2CCCN2)c1. The molecule has 0 aromatic heterocycles. The van der Waals surface area contributed by atoms with Gasteiger partial charge >= 0.3 is 0 Å². The topological polar surface area (TPSA) is 21.3 Å². The van der Waals surface area contributed by atoms with Crippen LogP contribution in [0.25, 0.3) is 0 Å². The Kier molecular flexibility index (Phi) is 3.17. The molecule has 82 valence electrons. The minimum absolute atomic E-state index is 0.442. The van der Waals surface area contributed by atoms with E-state index in [-0.39, 0.29) is 0 Å². The van der Waals surface area contributed by atoms with Crippen molar-refractivity contribution in [2.45, 2.75) is 25.8 Å². The van der Waals surface area contributed by atoms with Crippen LogP contribution in [0.1, 0.15) is 30.0 Å². The number of methoxy groups -OCH3 is 1. The molecule has 0 saturated carbocycles. The predicted octanol–water partition coefficient (Wildman–Crippen LogP) is 3.08. The van der Waals surface area contributed by atoms with E-state index in [1.54, 1.807) is 7.11 Å². The Morgan fingerprint density at radius 1 is 1.47 bits per heavy atom. The first-order valence-corrected chi connectivity index (χ1v) is 5.67. The summed E-state index contributed by atoms with van der Waals surface area (Å²) in [5.41, 5.74) is 2.44. The fraction of sp³-hybridized carbons (Fsp3) is 0.500. The molecule has 2 nitrogen and oxygen atoms in total. The fourth-order valence-electron chi connectivity index (χ4n) is 2.10. The number of hydrogen-bond acceptors (Lipinski definition) is 2. The first-order valence-electron chi connectivity index (χ1n) is 5.30. The van der Waals surface area contributed by atoms with Crippen LogP contribution < -0.4 is 10.1 Å². The molecule has 1 fully saturated rings. The number of hydrogen-bond donors (Lipinski definition) is 1. The Hall–Kier alpha value is -0.730. The van der Waals surface area contributed by atoms with Crippen molar-refractivity contribution in [1.29, 1.82) is 0 Å². The Morgan fingerprint density at radius 3 is 2.87 bits per heavy atom. The van der Waals surface area contributed by atoms with E-state index >= 15 is 0 Å². The maximum absolute atomic E-state index is 6.17. The summed E-state index contributed by atoms with van der Waals surface area (Å²) in [5.74, 6) is 0.842. The highest BCUT2D eigenvalue weighted by molar-refractivity contribution is 6.31. The zero-order chi connectivity index (χ0) is 10.8. The molecule has 1 atom stereocenters. The molecule has 1 N–H and O–H groups in total. The summed E-state index contributed by atoms with van der Waals surface area (Å²) in [6.45, 7) is 3.16. The van der Waals surface area contributed by atoms with Gasteiger partial charge in [-0.3, -0.25) is 0 Å². The zero-order valence-electron chi connectivity index (χ0n) is 9.14. The van der Waals surface area contributed by atoms with Crippen molar-refractivity contribution < 1.29 is 4.74 Å². The van der Waals surface area contributed by atoms with Gasteiger partial charge in [-0.15, -0.1) is 0 Å². The van der Waals surface area contributed by atoms with Crippen LogP contribution in [0.5, 0.6) is 5.75 Å². The maximum Gasteiger partial charge on any atom is 0.120 e. The maximum atomic E-state index is 6.17. The lowest BCUT2D eigenvalue weighted by atomic mass is 9.99. The normalized spacial score (nSPS) is 20.6.